The molecule has 1 aromatic carbocycles. The Morgan fingerprint density at radius 1 is 1.11 bits per heavy atom. The third kappa shape index (κ3) is 6.08. The molecule has 0 aliphatic carbocycles. The molecule has 0 bridgehead atoms. The summed E-state index contributed by atoms with van der Waals surface area (Å²) < 4.78 is 10.9. The average Bonchev–Trinajstić information content (AvgIpc) is 2.47. The molecular formula is C16H27NO2. The van der Waals surface area contributed by atoms with Gasteiger partial charge in [-0.15, -0.1) is 0 Å². The summed E-state index contributed by atoms with van der Waals surface area (Å²) >= 11 is 0. The molecule has 108 valence electrons. The lowest BCUT2D eigenvalue weighted by Crippen LogP contribution is -2.26. The van der Waals surface area contributed by atoms with E-state index in [9.17, 15) is 0 Å². The normalized spacial score (nSPS) is 12.4. The number of hydrogen-bond donors (Lipinski definition) is 1. The van der Waals surface area contributed by atoms with Gasteiger partial charge in [-0.05, 0) is 37.1 Å². The lowest BCUT2D eigenvalue weighted by molar-refractivity contribution is 0.109. The summed E-state index contributed by atoms with van der Waals surface area (Å²) in [4.78, 5) is 0. The molecule has 0 spiro atoms. The number of rotatable bonds is 10. The minimum Gasteiger partial charge on any atom is -0.497 e. The molecule has 0 fully saturated rings. The van der Waals surface area contributed by atoms with E-state index in [2.05, 4.69) is 31.3 Å². The van der Waals surface area contributed by atoms with E-state index in [1.165, 1.54) is 12.0 Å². The van der Waals surface area contributed by atoms with Crippen molar-refractivity contribution in [2.45, 2.75) is 39.2 Å². The zero-order valence-electron chi connectivity index (χ0n) is 12.4. The third-order valence-corrected chi connectivity index (χ3v) is 3.09. The van der Waals surface area contributed by atoms with Gasteiger partial charge < -0.3 is 14.8 Å². The van der Waals surface area contributed by atoms with Crippen molar-refractivity contribution < 1.29 is 9.47 Å². The molecule has 1 aromatic rings. The molecule has 0 saturated heterocycles. The largest absolute Gasteiger partial charge is 0.497 e. The SMILES string of the molecule is CCCCOCC(NCCC)c1ccc(OC)cc1. The molecule has 1 N–H and O–H groups in total. The standard InChI is InChI=1S/C16H27NO2/c1-4-6-12-19-13-16(17-11-5-2)14-7-9-15(18-3)10-8-14/h7-10,16-17H,4-6,11-13H2,1-3H3. The van der Waals surface area contributed by atoms with Gasteiger partial charge in [-0.1, -0.05) is 32.4 Å². The Morgan fingerprint density at radius 2 is 1.84 bits per heavy atom. The van der Waals surface area contributed by atoms with Crippen LogP contribution in [0.4, 0.5) is 0 Å². The van der Waals surface area contributed by atoms with E-state index in [4.69, 9.17) is 9.47 Å². The molecule has 19 heavy (non-hydrogen) atoms. The van der Waals surface area contributed by atoms with Crippen molar-refractivity contribution in [2.75, 3.05) is 26.9 Å². The zero-order chi connectivity index (χ0) is 13.9. The van der Waals surface area contributed by atoms with Gasteiger partial charge in [-0.25, -0.2) is 0 Å². The van der Waals surface area contributed by atoms with E-state index < -0.39 is 0 Å². The summed E-state index contributed by atoms with van der Waals surface area (Å²) in [5.41, 5.74) is 1.26. The minimum atomic E-state index is 0.266. The van der Waals surface area contributed by atoms with Crippen molar-refractivity contribution in [1.29, 1.82) is 0 Å². The predicted molar refractivity (Wildman–Crippen MR) is 79.8 cm³/mol. The fourth-order valence-electron chi connectivity index (χ4n) is 1.88. The van der Waals surface area contributed by atoms with Gasteiger partial charge in [0, 0.05) is 6.61 Å². The van der Waals surface area contributed by atoms with Crippen LogP contribution in [0.1, 0.15) is 44.7 Å². The van der Waals surface area contributed by atoms with E-state index in [-0.39, 0.29) is 6.04 Å². The van der Waals surface area contributed by atoms with Gasteiger partial charge in [0.25, 0.3) is 0 Å². The highest BCUT2D eigenvalue weighted by molar-refractivity contribution is 5.29. The number of nitrogens with one attached hydrogen (secondary N) is 1. The molecule has 0 heterocycles. The zero-order valence-corrected chi connectivity index (χ0v) is 12.4. The summed E-state index contributed by atoms with van der Waals surface area (Å²) in [5, 5.41) is 3.53. The molecule has 0 aliphatic rings. The van der Waals surface area contributed by atoms with Gasteiger partial charge in [0.2, 0.25) is 0 Å². The van der Waals surface area contributed by atoms with Gasteiger partial charge in [0.05, 0.1) is 19.8 Å². The topological polar surface area (TPSA) is 30.5 Å². The van der Waals surface area contributed by atoms with Crippen LogP contribution in [-0.2, 0) is 4.74 Å². The molecule has 1 rings (SSSR count). The summed E-state index contributed by atoms with van der Waals surface area (Å²) in [5.74, 6) is 0.893. The Labute approximate surface area is 117 Å². The van der Waals surface area contributed by atoms with Crippen LogP contribution in [0.3, 0.4) is 0 Å². The molecule has 3 nitrogen and oxygen atoms in total. The highest BCUT2D eigenvalue weighted by Gasteiger charge is 2.10. The van der Waals surface area contributed by atoms with Crippen molar-refractivity contribution in [3.05, 3.63) is 29.8 Å². The highest BCUT2D eigenvalue weighted by atomic mass is 16.5. The first-order chi connectivity index (χ1) is 9.31. The van der Waals surface area contributed by atoms with Gasteiger partial charge in [-0.2, -0.15) is 0 Å². The maximum Gasteiger partial charge on any atom is 0.118 e. The Bertz CT molecular complexity index is 324. The summed E-state index contributed by atoms with van der Waals surface area (Å²) in [6.45, 7) is 6.94. The number of methoxy groups -OCH3 is 1. The fourth-order valence-corrected chi connectivity index (χ4v) is 1.88. The number of benzene rings is 1. The van der Waals surface area contributed by atoms with Gasteiger partial charge >= 0.3 is 0 Å². The molecule has 3 heteroatoms. The lowest BCUT2D eigenvalue weighted by Gasteiger charge is -2.19. The number of ether oxygens (including phenoxy) is 2. The van der Waals surface area contributed by atoms with Crippen molar-refractivity contribution in [2.24, 2.45) is 0 Å². The predicted octanol–water partition coefficient (Wildman–Crippen LogP) is 3.55. The van der Waals surface area contributed by atoms with E-state index in [0.29, 0.717) is 0 Å². The summed E-state index contributed by atoms with van der Waals surface area (Å²) in [6, 6.07) is 8.48. The second-order valence-corrected chi connectivity index (χ2v) is 4.71. The Hall–Kier alpha value is -1.06. The minimum absolute atomic E-state index is 0.266. The molecule has 1 unspecified atom stereocenters. The van der Waals surface area contributed by atoms with Crippen LogP contribution in [0.25, 0.3) is 0 Å². The van der Waals surface area contributed by atoms with Crippen LogP contribution in [-0.4, -0.2) is 26.9 Å². The Kier molecular flexibility index (Phi) is 8.26. The third-order valence-electron chi connectivity index (χ3n) is 3.09. The summed E-state index contributed by atoms with van der Waals surface area (Å²) in [6.07, 6.45) is 3.43. The summed E-state index contributed by atoms with van der Waals surface area (Å²) in [7, 11) is 1.69. The van der Waals surface area contributed by atoms with Crippen LogP contribution in [0.2, 0.25) is 0 Å². The van der Waals surface area contributed by atoms with Crippen LogP contribution in [0, 0.1) is 0 Å². The van der Waals surface area contributed by atoms with Crippen LogP contribution in [0.15, 0.2) is 24.3 Å². The molecule has 0 radical (unpaired) electrons. The molecule has 0 aliphatic heterocycles. The van der Waals surface area contributed by atoms with Crippen LogP contribution in [0.5, 0.6) is 5.75 Å². The van der Waals surface area contributed by atoms with Crippen molar-refractivity contribution in [1.82, 2.24) is 5.32 Å². The molecular weight excluding hydrogens is 238 g/mol. The second kappa shape index (κ2) is 9.82. The molecule has 1 atom stereocenters. The van der Waals surface area contributed by atoms with E-state index in [1.54, 1.807) is 7.11 Å². The van der Waals surface area contributed by atoms with E-state index in [0.717, 1.165) is 38.3 Å². The fraction of sp³-hybridized carbons (Fsp3) is 0.625. The van der Waals surface area contributed by atoms with Crippen molar-refractivity contribution in [3.8, 4) is 5.75 Å². The first kappa shape index (κ1) is 16.0. The Balaban J connectivity index is 2.55. The number of hydrogen-bond acceptors (Lipinski definition) is 3. The van der Waals surface area contributed by atoms with Crippen molar-refractivity contribution >= 4 is 0 Å². The van der Waals surface area contributed by atoms with Crippen molar-refractivity contribution in [3.63, 3.8) is 0 Å². The molecule has 0 amide bonds. The first-order valence-electron chi connectivity index (χ1n) is 7.26. The van der Waals surface area contributed by atoms with E-state index in [1.807, 2.05) is 12.1 Å². The maximum atomic E-state index is 5.75. The first-order valence-corrected chi connectivity index (χ1v) is 7.26. The average molecular weight is 265 g/mol. The van der Waals surface area contributed by atoms with Gasteiger partial charge in [0.1, 0.15) is 5.75 Å². The van der Waals surface area contributed by atoms with Crippen LogP contribution < -0.4 is 10.1 Å². The Morgan fingerprint density at radius 3 is 2.42 bits per heavy atom. The smallest absolute Gasteiger partial charge is 0.118 e. The highest BCUT2D eigenvalue weighted by Crippen LogP contribution is 2.18. The second-order valence-electron chi connectivity index (χ2n) is 4.71. The van der Waals surface area contributed by atoms with Crippen LogP contribution >= 0.6 is 0 Å². The van der Waals surface area contributed by atoms with E-state index >= 15 is 0 Å². The van der Waals surface area contributed by atoms with Gasteiger partial charge in [0.15, 0.2) is 0 Å². The van der Waals surface area contributed by atoms with Gasteiger partial charge in [-0.3, -0.25) is 0 Å². The maximum absolute atomic E-state index is 5.75. The monoisotopic (exact) mass is 265 g/mol. The quantitative estimate of drug-likeness (QED) is 0.656. The lowest BCUT2D eigenvalue weighted by atomic mass is 10.1. The molecule has 0 aromatic heterocycles. The number of unbranched alkanes of at least 4 members (excludes halogenated alkanes) is 1. The molecule has 0 saturated carbocycles.